The fourth-order valence-electron chi connectivity index (χ4n) is 2.47. The van der Waals surface area contributed by atoms with E-state index in [0.717, 1.165) is 6.07 Å². The third kappa shape index (κ3) is 4.57. The Bertz CT molecular complexity index is 1160. The summed E-state index contributed by atoms with van der Waals surface area (Å²) >= 11 is 0. The van der Waals surface area contributed by atoms with E-state index in [9.17, 15) is 35.1 Å². The maximum absolute atomic E-state index is 14.2. The largest absolute Gasteiger partial charge is 0.453 e. The molecule has 0 aliphatic carbocycles. The lowest BCUT2D eigenvalue weighted by Crippen LogP contribution is -2.09. The minimum absolute atomic E-state index is 0.0776. The molecule has 4 nitrogen and oxygen atoms in total. The van der Waals surface area contributed by atoms with E-state index in [2.05, 4.69) is 0 Å². The first-order valence-corrected chi connectivity index (χ1v) is 8.12. The molecule has 0 amide bonds. The van der Waals surface area contributed by atoms with Gasteiger partial charge in [0.1, 0.15) is 11.3 Å². The molecule has 0 radical (unpaired) electrons. The van der Waals surface area contributed by atoms with Gasteiger partial charge in [0.2, 0.25) is 11.6 Å². The van der Waals surface area contributed by atoms with Gasteiger partial charge in [-0.1, -0.05) is 0 Å². The fourth-order valence-corrected chi connectivity index (χ4v) is 2.47. The van der Waals surface area contributed by atoms with Crippen molar-refractivity contribution in [2.24, 2.45) is 0 Å². The Labute approximate surface area is 168 Å². The molecule has 0 spiro atoms. The van der Waals surface area contributed by atoms with Gasteiger partial charge < -0.3 is 20.9 Å². The lowest BCUT2D eigenvalue weighted by atomic mass is 10.1. The zero-order valence-electron chi connectivity index (χ0n) is 15.0. The van der Waals surface area contributed by atoms with Crippen LogP contribution in [-0.2, 0) is 6.18 Å². The number of hydrogen-bond acceptors (Lipinski definition) is 4. The van der Waals surface area contributed by atoms with E-state index >= 15 is 0 Å². The Morgan fingerprint density at radius 3 is 1.45 bits per heavy atom. The molecule has 3 aromatic carbocycles. The summed E-state index contributed by atoms with van der Waals surface area (Å²) in [5.74, 6) is -12.1. The number of nitrogens with two attached hydrogens (primary N) is 2. The number of benzene rings is 3. The van der Waals surface area contributed by atoms with Crippen molar-refractivity contribution in [2.75, 3.05) is 11.5 Å². The summed E-state index contributed by atoms with van der Waals surface area (Å²) in [7, 11) is 0. The van der Waals surface area contributed by atoms with Crippen LogP contribution < -0.4 is 20.9 Å². The van der Waals surface area contributed by atoms with Gasteiger partial charge in [-0.25, -0.2) is 13.2 Å². The second-order valence-electron chi connectivity index (χ2n) is 6.11. The summed E-state index contributed by atoms with van der Waals surface area (Å²) in [5.41, 5.74) is 8.24. The van der Waals surface area contributed by atoms with E-state index in [1.165, 1.54) is 0 Å². The number of nitrogen functional groups attached to an aromatic ring is 2. The first-order valence-electron chi connectivity index (χ1n) is 8.12. The van der Waals surface area contributed by atoms with E-state index in [4.69, 9.17) is 20.9 Å². The van der Waals surface area contributed by atoms with Gasteiger partial charge in [0.05, 0.1) is 0 Å². The number of hydrogen-bond donors (Lipinski definition) is 2. The molecule has 0 fully saturated rings. The average Bonchev–Trinajstić information content (AvgIpc) is 2.64. The molecule has 31 heavy (non-hydrogen) atoms. The Morgan fingerprint density at radius 2 is 1.00 bits per heavy atom. The predicted molar refractivity (Wildman–Crippen MR) is 93.1 cm³/mol. The molecule has 0 atom stereocenters. The van der Waals surface area contributed by atoms with Crippen LogP contribution in [0.2, 0.25) is 0 Å². The third-order valence-corrected chi connectivity index (χ3v) is 3.81. The van der Waals surface area contributed by atoms with Crippen molar-refractivity contribution < 1.29 is 44.6 Å². The molecule has 0 aliphatic rings. The molecule has 3 aromatic rings. The van der Waals surface area contributed by atoms with Crippen molar-refractivity contribution in [1.29, 1.82) is 0 Å². The molecule has 0 aromatic heterocycles. The highest BCUT2D eigenvalue weighted by molar-refractivity contribution is 5.52. The van der Waals surface area contributed by atoms with Gasteiger partial charge in [0, 0.05) is 41.7 Å². The molecule has 3 rings (SSSR count). The maximum atomic E-state index is 14.2. The smallest absolute Gasteiger partial charge is 0.420 e. The molecule has 0 unspecified atom stereocenters. The maximum Gasteiger partial charge on any atom is 0.420 e. The van der Waals surface area contributed by atoms with E-state index in [1.54, 1.807) is 0 Å². The minimum Gasteiger partial charge on any atom is -0.453 e. The van der Waals surface area contributed by atoms with Crippen molar-refractivity contribution in [2.45, 2.75) is 6.18 Å². The second-order valence-corrected chi connectivity index (χ2v) is 6.11. The normalized spacial score (nSPS) is 11.5. The van der Waals surface area contributed by atoms with Crippen molar-refractivity contribution in [1.82, 2.24) is 0 Å². The van der Waals surface area contributed by atoms with Crippen LogP contribution >= 0.6 is 0 Å². The average molecular weight is 450 g/mol. The number of halogens is 8. The lowest BCUT2D eigenvalue weighted by molar-refractivity contribution is -0.138. The van der Waals surface area contributed by atoms with E-state index < -0.39 is 63.8 Å². The van der Waals surface area contributed by atoms with Gasteiger partial charge in [-0.05, 0) is 6.07 Å². The van der Waals surface area contributed by atoms with Gasteiger partial charge in [-0.15, -0.1) is 0 Å². The molecule has 164 valence electrons. The summed E-state index contributed by atoms with van der Waals surface area (Å²) in [4.78, 5) is 0. The minimum atomic E-state index is -5.20. The standard InChI is InChI=1S/C19H10F8N2O2/c20-10-5-9(19(25,26)27)13(30-15-3-7(28)1-11(21)17(15)23)6-14(10)31-16-4-8(29)2-12(22)18(16)24/h1-6H,28-29H2. The Kier molecular flexibility index (Phi) is 5.57. The molecular formula is C19H10F8N2O2. The molecule has 0 saturated heterocycles. The Balaban J connectivity index is 2.12. The summed E-state index contributed by atoms with van der Waals surface area (Å²) in [6.07, 6.45) is -5.20. The van der Waals surface area contributed by atoms with Crippen molar-refractivity contribution in [3.63, 3.8) is 0 Å². The van der Waals surface area contributed by atoms with Gasteiger partial charge in [0.25, 0.3) is 0 Å². The summed E-state index contributed by atoms with van der Waals surface area (Å²) < 4.78 is 119. The number of anilines is 2. The van der Waals surface area contributed by atoms with E-state index in [1.807, 2.05) is 0 Å². The van der Waals surface area contributed by atoms with Gasteiger partial charge in [0.15, 0.2) is 34.7 Å². The van der Waals surface area contributed by atoms with Gasteiger partial charge >= 0.3 is 6.18 Å². The molecule has 0 heterocycles. The fraction of sp³-hybridized carbons (Fsp3) is 0.0526. The first kappa shape index (κ1) is 22.0. The Morgan fingerprint density at radius 1 is 0.548 bits per heavy atom. The highest BCUT2D eigenvalue weighted by atomic mass is 19.4. The van der Waals surface area contributed by atoms with Crippen LogP contribution in [0.5, 0.6) is 23.0 Å². The summed E-state index contributed by atoms with van der Waals surface area (Å²) in [6, 6.07) is 2.82. The molecule has 0 saturated carbocycles. The molecular weight excluding hydrogens is 440 g/mol. The zero-order chi connectivity index (χ0) is 23.1. The number of alkyl halides is 3. The van der Waals surface area contributed by atoms with Crippen LogP contribution in [0.4, 0.5) is 46.5 Å². The SMILES string of the molecule is Nc1cc(F)c(F)c(Oc2cc(Oc3cc(N)cc(F)c3F)c(C(F)(F)F)cc2F)c1. The third-order valence-electron chi connectivity index (χ3n) is 3.81. The highest BCUT2D eigenvalue weighted by Gasteiger charge is 2.36. The van der Waals surface area contributed by atoms with Crippen LogP contribution in [0.1, 0.15) is 5.56 Å². The topological polar surface area (TPSA) is 70.5 Å². The molecule has 12 heteroatoms. The van der Waals surface area contributed by atoms with Crippen molar-refractivity contribution in [3.8, 4) is 23.0 Å². The Hall–Kier alpha value is -3.70. The molecule has 0 aliphatic heterocycles. The zero-order valence-corrected chi connectivity index (χ0v) is 15.0. The monoisotopic (exact) mass is 450 g/mol. The number of ether oxygens (including phenoxy) is 2. The number of rotatable bonds is 4. The highest BCUT2D eigenvalue weighted by Crippen LogP contribution is 2.43. The molecule has 0 bridgehead atoms. The van der Waals surface area contributed by atoms with Crippen LogP contribution in [0.15, 0.2) is 36.4 Å². The predicted octanol–water partition coefficient (Wildman–Crippen LogP) is 6.15. The van der Waals surface area contributed by atoms with Gasteiger partial charge in [-0.3, -0.25) is 0 Å². The van der Waals surface area contributed by atoms with Crippen LogP contribution in [0.25, 0.3) is 0 Å². The van der Waals surface area contributed by atoms with Crippen LogP contribution in [-0.4, -0.2) is 0 Å². The summed E-state index contributed by atoms with van der Waals surface area (Å²) in [5, 5.41) is 0. The quantitative estimate of drug-likeness (QED) is 0.370. The molecule has 4 N–H and O–H groups in total. The summed E-state index contributed by atoms with van der Waals surface area (Å²) in [6.45, 7) is 0. The van der Waals surface area contributed by atoms with Crippen molar-refractivity contribution >= 4 is 11.4 Å². The van der Waals surface area contributed by atoms with Crippen LogP contribution in [0.3, 0.4) is 0 Å². The second kappa shape index (κ2) is 7.85. The first-order chi connectivity index (χ1) is 14.4. The lowest BCUT2D eigenvalue weighted by Gasteiger charge is -2.17. The van der Waals surface area contributed by atoms with E-state index in [-0.39, 0.29) is 17.4 Å². The van der Waals surface area contributed by atoms with E-state index in [0.29, 0.717) is 24.3 Å². The van der Waals surface area contributed by atoms with Crippen molar-refractivity contribution in [3.05, 3.63) is 71.0 Å². The van der Waals surface area contributed by atoms with Crippen LogP contribution in [0, 0.1) is 29.1 Å². The van der Waals surface area contributed by atoms with Gasteiger partial charge in [-0.2, -0.15) is 22.0 Å².